The van der Waals surface area contributed by atoms with E-state index in [2.05, 4.69) is 29.0 Å². The Morgan fingerprint density at radius 2 is 2.27 bits per heavy atom. The molecule has 0 saturated heterocycles. The van der Waals surface area contributed by atoms with Crippen molar-refractivity contribution in [3.63, 3.8) is 0 Å². The summed E-state index contributed by atoms with van der Waals surface area (Å²) in [6.07, 6.45) is 0.625. The van der Waals surface area contributed by atoms with Crippen molar-refractivity contribution in [2.75, 3.05) is 6.61 Å². The van der Waals surface area contributed by atoms with Gasteiger partial charge in [-0.2, -0.15) is 8.42 Å². The molecule has 0 rings (SSSR count). The second-order valence-electron chi connectivity index (χ2n) is 1.68. The van der Waals surface area contributed by atoms with E-state index in [1.54, 1.807) is 6.92 Å². The first-order chi connectivity index (χ1) is 4.98. The molecule has 11 heavy (non-hydrogen) atoms. The predicted octanol–water partition coefficient (Wildman–Crippen LogP) is 0.462. The molecule has 0 spiro atoms. The lowest BCUT2D eigenvalue weighted by atomic mass is 10.5. The monoisotopic (exact) mass is 215 g/mol. The summed E-state index contributed by atoms with van der Waals surface area (Å²) in [4.78, 5) is 0. The highest BCUT2D eigenvalue weighted by Gasteiger charge is 2.08. The Morgan fingerprint density at radius 3 is 2.64 bits per heavy atom. The molecule has 0 radical (unpaired) electrons. The van der Waals surface area contributed by atoms with Gasteiger partial charge in [-0.05, 0) is 6.42 Å². The summed E-state index contributed by atoms with van der Waals surface area (Å²) in [6, 6.07) is 0. The summed E-state index contributed by atoms with van der Waals surface area (Å²) in [6.45, 7) is 1.94. The van der Waals surface area contributed by atoms with Gasteiger partial charge in [0, 0.05) is 0 Å². The fourth-order valence-electron chi connectivity index (χ4n) is 0.329. The summed E-state index contributed by atoms with van der Waals surface area (Å²) >= 11 is 7.96. The van der Waals surface area contributed by atoms with Crippen LogP contribution < -0.4 is 4.72 Å². The molecule has 0 heterocycles. The Bertz CT molecular complexity index is 223. The van der Waals surface area contributed by atoms with Crippen LogP contribution in [0.3, 0.4) is 0 Å². The maximum Gasteiger partial charge on any atom is 0.361 e. The van der Waals surface area contributed by atoms with Crippen LogP contribution in [0.2, 0.25) is 0 Å². The van der Waals surface area contributed by atoms with Crippen LogP contribution in [-0.2, 0) is 14.5 Å². The Morgan fingerprint density at radius 1 is 1.73 bits per heavy atom. The van der Waals surface area contributed by atoms with E-state index >= 15 is 0 Å². The second kappa shape index (κ2) is 4.91. The average molecular weight is 215 g/mol. The maximum absolute atomic E-state index is 10.7. The zero-order chi connectivity index (χ0) is 8.91. The topological polar surface area (TPSA) is 55.4 Å². The maximum atomic E-state index is 10.7. The molecule has 0 atom stereocenters. The molecule has 66 valence electrons. The van der Waals surface area contributed by atoms with Gasteiger partial charge in [0.15, 0.2) is 0 Å². The van der Waals surface area contributed by atoms with Crippen molar-refractivity contribution >= 4 is 39.5 Å². The molecular formula is C4H9NO3S3. The third kappa shape index (κ3) is 6.54. The zero-order valence-electron chi connectivity index (χ0n) is 5.90. The molecule has 7 heteroatoms. The molecule has 0 fully saturated rings. The van der Waals surface area contributed by atoms with Gasteiger partial charge in [-0.3, -0.25) is 4.18 Å². The summed E-state index contributed by atoms with van der Waals surface area (Å²) in [5.74, 6) is 0. The summed E-state index contributed by atoms with van der Waals surface area (Å²) in [7, 11) is -3.71. The Kier molecular flexibility index (Phi) is 4.98. The van der Waals surface area contributed by atoms with Crippen LogP contribution in [0.25, 0.3) is 0 Å². The summed E-state index contributed by atoms with van der Waals surface area (Å²) in [5, 5.41) is 0. The number of nitrogens with one attached hydrogen (secondary N) is 1. The largest absolute Gasteiger partial charge is 0.361 e. The van der Waals surface area contributed by atoms with E-state index in [9.17, 15) is 8.42 Å². The third-order valence-corrected chi connectivity index (χ3v) is 2.08. The fourth-order valence-corrected chi connectivity index (χ4v) is 1.63. The number of rotatable bonds is 4. The molecular weight excluding hydrogens is 206 g/mol. The van der Waals surface area contributed by atoms with Gasteiger partial charge in [0.2, 0.25) is 0 Å². The van der Waals surface area contributed by atoms with Crippen molar-refractivity contribution in [1.82, 2.24) is 4.72 Å². The van der Waals surface area contributed by atoms with E-state index in [-0.39, 0.29) is 10.9 Å². The van der Waals surface area contributed by atoms with Crippen LogP contribution in [-0.4, -0.2) is 19.3 Å². The first-order valence-corrected chi connectivity index (χ1v) is 5.14. The molecule has 0 unspecified atom stereocenters. The van der Waals surface area contributed by atoms with Crippen LogP contribution in [0, 0.1) is 0 Å². The summed E-state index contributed by atoms with van der Waals surface area (Å²) < 4.78 is 27.7. The molecule has 0 aliphatic heterocycles. The van der Waals surface area contributed by atoms with E-state index in [0.29, 0.717) is 6.42 Å². The van der Waals surface area contributed by atoms with Gasteiger partial charge in [-0.1, -0.05) is 19.1 Å². The molecule has 0 saturated carbocycles. The molecule has 0 aromatic carbocycles. The smallest absolute Gasteiger partial charge is 0.254 e. The van der Waals surface area contributed by atoms with Gasteiger partial charge >= 0.3 is 10.3 Å². The fraction of sp³-hybridized carbons (Fsp3) is 0.750. The Hall–Kier alpha value is 0.150. The normalized spacial score (nSPS) is 11.1. The van der Waals surface area contributed by atoms with Crippen LogP contribution in [0.5, 0.6) is 0 Å². The SMILES string of the molecule is CCCOS(=O)(=O)NC(=S)S. The second-order valence-corrected chi connectivity index (χ2v) is 4.19. The van der Waals surface area contributed by atoms with Gasteiger partial charge in [0.05, 0.1) is 6.61 Å². The van der Waals surface area contributed by atoms with E-state index in [0.717, 1.165) is 0 Å². The van der Waals surface area contributed by atoms with Crippen molar-refractivity contribution < 1.29 is 12.6 Å². The van der Waals surface area contributed by atoms with Crippen molar-refractivity contribution in [1.29, 1.82) is 0 Å². The van der Waals surface area contributed by atoms with Crippen molar-refractivity contribution in [2.24, 2.45) is 0 Å². The van der Waals surface area contributed by atoms with E-state index in [1.165, 1.54) is 0 Å². The molecule has 0 amide bonds. The first kappa shape index (κ1) is 11.2. The molecule has 0 bridgehead atoms. The first-order valence-electron chi connectivity index (χ1n) is 2.88. The van der Waals surface area contributed by atoms with Crippen LogP contribution in [0.1, 0.15) is 13.3 Å². The number of thiocarbonyl (C=S) groups is 1. The van der Waals surface area contributed by atoms with E-state index in [4.69, 9.17) is 0 Å². The minimum atomic E-state index is -3.71. The highest BCUT2D eigenvalue weighted by atomic mass is 32.2. The average Bonchev–Trinajstić information content (AvgIpc) is 1.81. The molecule has 0 aliphatic carbocycles. The lowest BCUT2D eigenvalue weighted by molar-refractivity contribution is 0.315. The quantitative estimate of drug-likeness (QED) is 0.528. The minimum absolute atomic E-state index is 0.124. The highest BCUT2D eigenvalue weighted by Crippen LogP contribution is 1.91. The number of thiol groups is 1. The Balaban J connectivity index is 3.92. The zero-order valence-corrected chi connectivity index (χ0v) is 8.43. The number of hydrogen-bond donors (Lipinski definition) is 2. The molecule has 0 aromatic rings. The standard InChI is InChI=1S/C4H9NO3S3/c1-2-3-8-11(6,7)5-4(9)10/h2-3H2,1H3,(H2,5,9,10). The van der Waals surface area contributed by atoms with Gasteiger partial charge in [-0.25, -0.2) is 4.72 Å². The van der Waals surface area contributed by atoms with Gasteiger partial charge in [-0.15, -0.1) is 12.6 Å². The van der Waals surface area contributed by atoms with E-state index in [1.807, 2.05) is 4.72 Å². The lowest BCUT2D eigenvalue weighted by Gasteiger charge is -2.03. The molecule has 0 aromatic heterocycles. The third-order valence-electron chi connectivity index (χ3n) is 0.655. The molecule has 4 nitrogen and oxygen atoms in total. The van der Waals surface area contributed by atoms with Gasteiger partial charge in [0.1, 0.15) is 4.32 Å². The molecule has 1 N–H and O–H groups in total. The van der Waals surface area contributed by atoms with Crippen molar-refractivity contribution in [2.45, 2.75) is 13.3 Å². The highest BCUT2D eigenvalue weighted by molar-refractivity contribution is 8.12. The Labute approximate surface area is 77.0 Å². The minimum Gasteiger partial charge on any atom is -0.254 e. The van der Waals surface area contributed by atoms with Crippen molar-refractivity contribution in [3.05, 3.63) is 0 Å². The van der Waals surface area contributed by atoms with Crippen LogP contribution in [0.15, 0.2) is 0 Å². The van der Waals surface area contributed by atoms with Crippen molar-refractivity contribution in [3.8, 4) is 0 Å². The molecule has 0 aliphatic rings. The predicted molar refractivity (Wildman–Crippen MR) is 49.9 cm³/mol. The van der Waals surface area contributed by atoms with Gasteiger partial charge in [0.25, 0.3) is 0 Å². The summed E-state index contributed by atoms with van der Waals surface area (Å²) in [5.41, 5.74) is 0. The van der Waals surface area contributed by atoms with E-state index < -0.39 is 10.3 Å². The van der Waals surface area contributed by atoms with Crippen LogP contribution >= 0.6 is 24.8 Å². The number of hydrogen-bond acceptors (Lipinski definition) is 4. The van der Waals surface area contributed by atoms with Crippen LogP contribution in [0.4, 0.5) is 0 Å². The van der Waals surface area contributed by atoms with Gasteiger partial charge < -0.3 is 0 Å². The lowest BCUT2D eigenvalue weighted by Crippen LogP contribution is -2.27.